The summed E-state index contributed by atoms with van der Waals surface area (Å²) in [6.07, 6.45) is 5.31. The topological polar surface area (TPSA) is 61.8 Å². The second-order valence-corrected chi connectivity index (χ2v) is 8.88. The number of rotatable bonds is 8. The molecule has 2 N–H and O–H groups in total. The molecule has 3 rings (SSSR count). The molecule has 0 radical (unpaired) electrons. The van der Waals surface area contributed by atoms with E-state index in [1.165, 1.54) is 28.3 Å². The van der Waals surface area contributed by atoms with E-state index in [2.05, 4.69) is 44.6 Å². The normalized spacial score (nSPS) is 16.0. The smallest absolute Gasteiger partial charge is 0.190 e. The number of ether oxygens (including phenoxy) is 1. The van der Waals surface area contributed by atoms with Gasteiger partial charge in [-0.3, -0.25) is 9.89 Å². The summed E-state index contributed by atoms with van der Waals surface area (Å²) >= 11 is 1.76. The van der Waals surface area contributed by atoms with Crippen LogP contribution in [0.4, 0.5) is 0 Å². The summed E-state index contributed by atoms with van der Waals surface area (Å²) in [5, 5.41) is 8.08. The summed E-state index contributed by atoms with van der Waals surface area (Å²) in [5.74, 6) is 2.50. The van der Waals surface area contributed by atoms with Crippen LogP contribution in [0.25, 0.3) is 0 Å². The molecule has 1 fully saturated rings. The maximum atomic E-state index is 5.24. The lowest BCUT2D eigenvalue weighted by atomic mass is 9.96. The number of aryl methyl sites for hydroxylation is 1. The molecule has 0 amide bonds. The van der Waals surface area contributed by atoms with Crippen molar-refractivity contribution in [1.29, 1.82) is 0 Å². The minimum absolute atomic E-state index is 0.697. The molecule has 29 heavy (non-hydrogen) atoms. The minimum atomic E-state index is 0.697. The summed E-state index contributed by atoms with van der Waals surface area (Å²) in [4.78, 5) is 12.6. The Morgan fingerprint density at radius 3 is 2.62 bits per heavy atom. The van der Waals surface area contributed by atoms with Crippen molar-refractivity contribution < 1.29 is 4.74 Å². The minimum Gasteiger partial charge on any atom is -0.497 e. The molecule has 0 aliphatic carbocycles. The summed E-state index contributed by atoms with van der Waals surface area (Å²) in [5.41, 5.74) is 1.35. The Kier molecular flexibility index (Phi) is 8.31. The van der Waals surface area contributed by atoms with E-state index >= 15 is 0 Å². The van der Waals surface area contributed by atoms with E-state index in [0.717, 1.165) is 50.9 Å². The zero-order valence-corrected chi connectivity index (χ0v) is 18.6. The maximum absolute atomic E-state index is 5.24. The van der Waals surface area contributed by atoms with Crippen molar-refractivity contribution in [3.63, 3.8) is 0 Å². The van der Waals surface area contributed by atoms with Gasteiger partial charge >= 0.3 is 0 Å². The average molecular weight is 416 g/mol. The Bertz CT molecular complexity index is 766. The summed E-state index contributed by atoms with van der Waals surface area (Å²) in [6, 6.07) is 8.41. The van der Waals surface area contributed by atoms with E-state index in [4.69, 9.17) is 4.74 Å². The van der Waals surface area contributed by atoms with Crippen molar-refractivity contribution in [3.05, 3.63) is 45.9 Å². The third-order valence-electron chi connectivity index (χ3n) is 5.35. The van der Waals surface area contributed by atoms with Crippen LogP contribution in [0.15, 0.2) is 35.5 Å². The predicted molar refractivity (Wildman–Crippen MR) is 121 cm³/mol. The van der Waals surface area contributed by atoms with Crippen molar-refractivity contribution in [2.75, 3.05) is 40.3 Å². The van der Waals surface area contributed by atoms with Gasteiger partial charge in [-0.25, -0.2) is 4.98 Å². The van der Waals surface area contributed by atoms with Gasteiger partial charge in [0.05, 0.1) is 12.1 Å². The third-order valence-corrected chi connectivity index (χ3v) is 6.33. The highest BCUT2D eigenvalue weighted by atomic mass is 32.1. The fraction of sp³-hybridized carbons (Fsp3) is 0.545. The van der Waals surface area contributed by atoms with Crippen molar-refractivity contribution in [3.8, 4) is 5.75 Å². The maximum Gasteiger partial charge on any atom is 0.190 e. The van der Waals surface area contributed by atoms with E-state index in [9.17, 15) is 0 Å². The Morgan fingerprint density at radius 1 is 1.24 bits per heavy atom. The van der Waals surface area contributed by atoms with Crippen LogP contribution in [0.3, 0.4) is 0 Å². The standard InChI is InChI=1S/C22H33N5OS/c1-17-14-25-21(29-17)8-11-24-22(23-2)26-15-18-9-12-27(13-10-18)16-19-4-6-20(28-3)7-5-19/h4-7,14,18H,8-13,15-16H2,1-3H3,(H2,23,24,26). The first-order chi connectivity index (χ1) is 14.2. The van der Waals surface area contributed by atoms with Crippen LogP contribution in [-0.4, -0.2) is 56.2 Å². The van der Waals surface area contributed by atoms with Gasteiger partial charge in [-0.1, -0.05) is 12.1 Å². The molecule has 1 aliphatic heterocycles. The number of nitrogens with zero attached hydrogens (tertiary/aromatic N) is 3. The number of hydrogen-bond donors (Lipinski definition) is 2. The fourth-order valence-electron chi connectivity index (χ4n) is 3.60. The van der Waals surface area contributed by atoms with Crippen LogP contribution in [-0.2, 0) is 13.0 Å². The molecule has 1 aliphatic rings. The lowest BCUT2D eigenvalue weighted by Crippen LogP contribution is -2.43. The number of nitrogens with one attached hydrogen (secondary N) is 2. The Morgan fingerprint density at radius 2 is 2.00 bits per heavy atom. The van der Waals surface area contributed by atoms with Crippen LogP contribution in [0.5, 0.6) is 5.75 Å². The summed E-state index contributed by atoms with van der Waals surface area (Å²) < 4.78 is 5.24. The number of piperidine rings is 1. The fourth-order valence-corrected chi connectivity index (χ4v) is 4.39. The number of aliphatic imine (C=N–C) groups is 1. The van der Waals surface area contributed by atoms with Gasteiger partial charge in [0.1, 0.15) is 5.75 Å². The van der Waals surface area contributed by atoms with Crippen LogP contribution in [0.1, 0.15) is 28.3 Å². The molecule has 7 heteroatoms. The van der Waals surface area contributed by atoms with Crippen molar-refractivity contribution in [2.24, 2.45) is 10.9 Å². The number of methoxy groups -OCH3 is 1. The van der Waals surface area contributed by atoms with Gasteiger partial charge in [0, 0.05) is 44.2 Å². The first-order valence-electron chi connectivity index (χ1n) is 10.4. The number of aromatic nitrogens is 1. The average Bonchev–Trinajstić information content (AvgIpc) is 3.17. The molecule has 1 aromatic carbocycles. The number of likely N-dealkylation sites (tertiary alicyclic amines) is 1. The number of guanidine groups is 1. The Labute approximate surface area is 178 Å². The zero-order chi connectivity index (χ0) is 20.5. The van der Waals surface area contributed by atoms with E-state index in [-0.39, 0.29) is 0 Å². The van der Waals surface area contributed by atoms with E-state index in [0.29, 0.717) is 5.92 Å². The molecule has 6 nitrogen and oxygen atoms in total. The molecule has 158 valence electrons. The molecule has 1 aromatic heterocycles. The second kappa shape index (κ2) is 11.2. The van der Waals surface area contributed by atoms with E-state index in [1.54, 1.807) is 18.4 Å². The van der Waals surface area contributed by atoms with Crippen molar-refractivity contribution >= 4 is 17.3 Å². The highest BCUT2D eigenvalue weighted by molar-refractivity contribution is 7.11. The van der Waals surface area contributed by atoms with Gasteiger partial charge in [-0.05, 0) is 56.5 Å². The predicted octanol–water partition coefficient (Wildman–Crippen LogP) is 3.08. The van der Waals surface area contributed by atoms with Gasteiger partial charge in [-0.2, -0.15) is 0 Å². The molecule has 1 saturated heterocycles. The SMILES string of the molecule is CN=C(NCCc1ncc(C)s1)NCC1CCN(Cc2ccc(OC)cc2)CC1. The van der Waals surface area contributed by atoms with Gasteiger partial charge in [0.25, 0.3) is 0 Å². The molecular formula is C22H33N5OS. The van der Waals surface area contributed by atoms with E-state index < -0.39 is 0 Å². The van der Waals surface area contributed by atoms with Crippen LogP contribution in [0, 0.1) is 12.8 Å². The third kappa shape index (κ3) is 7.01. The summed E-state index contributed by atoms with van der Waals surface area (Å²) in [7, 11) is 3.54. The van der Waals surface area contributed by atoms with Crippen LogP contribution < -0.4 is 15.4 Å². The molecule has 0 unspecified atom stereocenters. The Balaban J connectivity index is 1.32. The second-order valence-electron chi connectivity index (χ2n) is 7.56. The largest absolute Gasteiger partial charge is 0.497 e. The van der Waals surface area contributed by atoms with Gasteiger partial charge in [0.2, 0.25) is 0 Å². The van der Waals surface area contributed by atoms with Gasteiger partial charge in [0.15, 0.2) is 5.96 Å². The van der Waals surface area contributed by atoms with Crippen molar-refractivity contribution in [2.45, 2.75) is 32.7 Å². The first kappa shape index (κ1) is 21.6. The molecule has 0 bridgehead atoms. The molecular weight excluding hydrogens is 382 g/mol. The van der Waals surface area contributed by atoms with Crippen LogP contribution >= 0.6 is 11.3 Å². The number of benzene rings is 1. The van der Waals surface area contributed by atoms with Crippen molar-refractivity contribution in [1.82, 2.24) is 20.5 Å². The summed E-state index contributed by atoms with van der Waals surface area (Å²) in [6.45, 7) is 7.24. The molecule has 2 heterocycles. The van der Waals surface area contributed by atoms with Gasteiger partial charge in [-0.15, -0.1) is 11.3 Å². The van der Waals surface area contributed by atoms with E-state index in [1.807, 2.05) is 25.4 Å². The monoisotopic (exact) mass is 415 g/mol. The number of hydrogen-bond acceptors (Lipinski definition) is 5. The lowest BCUT2D eigenvalue weighted by molar-refractivity contribution is 0.178. The van der Waals surface area contributed by atoms with Gasteiger partial charge < -0.3 is 15.4 Å². The highest BCUT2D eigenvalue weighted by Gasteiger charge is 2.19. The van der Waals surface area contributed by atoms with Crippen LogP contribution in [0.2, 0.25) is 0 Å². The number of thiazole rings is 1. The molecule has 0 atom stereocenters. The highest BCUT2D eigenvalue weighted by Crippen LogP contribution is 2.19. The Hall–Kier alpha value is -2.12. The molecule has 0 saturated carbocycles. The lowest BCUT2D eigenvalue weighted by Gasteiger charge is -2.32. The molecule has 2 aromatic rings. The molecule has 0 spiro atoms. The zero-order valence-electron chi connectivity index (χ0n) is 17.8. The first-order valence-corrected chi connectivity index (χ1v) is 11.2. The quantitative estimate of drug-likeness (QED) is 0.512.